The van der Waals surface area contributed by atoms with E-state index in [1.807, 2.05) is 30.3 Å². The summed E-state index contributed by atoms with van der Waals surface area (Å²) in [5.74, 6) is 1.51. The number of anilines is 1. The van der Waals surface area contributed by atoms with Crippen LogP contribution in [0, 0.1) is 5.92 Å². The number of rotatable bonds is 4. The smallest absolute Gasteiger partial charge is 0.224 e. The van der Waals surface area contributed by atoms with Crippen molar-refractivity contribution in [3.8, 4) is 5.82 Å². The number of aliphatic hydroxyl groups is 1. The fraction of sp³-hybridized carbons (Fsp3) is 0.412. The number of fused-ring (bicyclic) bond motifs is 1. The number of nitrogens with zero attached hydrogens (tertiary/aromatic N) is 5. The standard InChI is InChI=1S/C17H20N6O/c24-11-12-5-1-2-6-13(12)19-17-18-10-9-16(20-17)23-15-8-4-3-7-14(15)21-22-23/h3-4,7-10,12-13,24H,1-2,5-6,11H2,(H,18,19,20). The molecule has 1 fully saturated rings. The normalized spacial score (nSPS) is 21.0. The van der Waals surface area contributed by atoms with Crippen LogP contribution in [-0.4, -0.2) is 42.7 Å². The van der Waals surface area contributed by atoms with Crippen LogP contribution in [0.5, 0.6) is 0 Å². The first-order valence-corrected chi connectivity index (χ1v) is 8.36. The lowest BCUT2D eigenvalue weighted by Gasteiger charge is -2.30. The third kappa shape index (κ3) is 2.82. The molecule has 7 nitrogen and oxygen atoms in total. The monoisotopic (exact) mass is 324 g/mol. The van der Waals surface area contributed by atoms with Gasteiger partial charge in [0, 0.05) is 30.8 Å². The number of hydrogen-bond acceptors (Lipinski definition) is 6. The van der Waals surface area contributed by atoms with E-state index in [0.29, 0.717) is 11.8 Å². The van der Waals surface area contributed by atoms with Gasteiger partial charge in [0.25, 0.3) is 0 Å². The summed E-state index contributed by atoms with van der Waals surface area (Å²) in [4.78, 5) is 8.91. The molecule has 124 valence electrons. The molecule has 0 aliphatic heterocycles. The van der Waals surface area contributed by atoms with Gasteiger partial charge in [0.15, 0.2) is 5.82 Å². The van der Waals surface area contributed by atoms with Gasteiger partial charge in [-0.25, -0.2) is 4.98 Å². The molecule has 0 saturated heterocycles. The number of aliphatic hydroxyl groups excluding tert-OH is 1. The molecule has 24 heavy (non-hydrogen) atoms. The molecule has 7 heteroatoms. The van der Waals surface area contributed by atoms with Crippen molar-refractivity contribution in [2.75, 3.05) is 11.9 Å². The summed E-state index contributed by atoms with van der Waals surface area (Å²) in [6, 6.07) is 9.81. The summed E-state index contributed by atoms with van der Waals surface area (Å²) in [6.07, 6.45) is 6.14. The highest BCUT2D eigenvalue weighted by atomic mass is 16.3. The number of hydrogen-bond donors (Lipinski definition) is 2. The quantitative estimate of drug-likeness (QED) is 0.764. The Hall–Kier alpha value is -2.54. The van der Waals surface area contributed by atoms with Crippen LogP contribution in [0.1, 0.15) is 25.7 Å². The number of nitrogens with one attached hydrogen (secondary N) is 1. The fourth-order valence-corrected chi connectivity index (χ4v) is 3.36. The summed E-state index contributed by atoms with van der Waals surface area (Å²) in [5.41, 5.74) is 1.74. The molecular weight excluding hydrogens is 304 g/mol. The first-order valence-electron chi connectivity index (χ1n) is 8.36. The Morgan fingerprint density at radius 2 is 2.04 bits per heavy atom. The first-order chi connectivity index (χ1) is 11.8. The van der Waals surface area contributed by atoms with E-state index in [2.05, 4.69) is 25.6 Å². The molecule has 2 heterocycles. The van der Waals surface area contributed by atoms with Gasteiger partial charge in [0.1, 0.15) is 5.52 Å². The summed E-state index contributed by atoms with van der Waals surface area (Å²) in [6.45, 7) is 0.199. The van der Waals surface area contributed by atoms with Gasteiger partial charge in [-0.15, -0.1) is 5.10 Å². The van der Waals surface area contributed by atoms with Crippen LogP contribution >= 0.6 is 0 Å². The predicted octanol–water partition coefficient (Wildman–Crippen LogP) is 2.17. The molecule has 2 atom stereocenters. The van der Waals surface area contributed by atoms with Gasteiger partial charge in [-0.3, -0.25) is 0 Å². The van der Waals surface area contributed by atoms with E-state index in [4.69, 9.17) is 0 Å². The largest absolute Gasteiger partial charge is 0.396 e. The third-order valence-corrected chi connectivity index (χ3v) is 4.67. The molecule has 0 bridgehead atoms. The van der Waals surface area contributed by atoms with Gasteiger partial charge in [-0.05, 0) is 25.0 Å². The highest BCUT2D eigenvalue weighted by Crippen LogP contribution is 2.26. The Morgan fingerprint density at radius 3 is 2.96 bits per heavy atom. The molecule has 1 aromatic carbocycles. The third-order valence-electron chi connectivity index (χ3n) is 4.67. The van der Waals surface area contributed by atoms with Crippen molar-refractivity contribution in [2.45, 2.75) is 31.7 Å². The average Bonchev–Trinajstić information content (AvgIpc) is 3.06. The van der Waals surface area contributed by atoms with E-state index in [1.165, 1.54) is 12.8 Å². The molecule has 2 unspecified atom stereocenters. The summed E-state index contributed by atoms with van der Waals surface area (Å²) in [7, 11) is 0. The van der Waals surface area contributed by atoms with Gasteiger partial charge < -0.3 is 10.4 Å². The molecule has 1 saturated carbocycles. The van der Waals surface area contributed by atoms with Crippen LogP contribution < -0.4 is 5.32 Å². The van der Waals surface area contributed by atoms with E-state index in [0.717, 1.165) is 23.9 Å². The van der Waals surface area contributed by atoms with Gasteiger partial charge in [0.2, 0.25) is 5.95 Å². The Morgan fingerprint density at radius 1 is 1.17 bits per heavy atom. The molecule has 3 aromatic rings. The minimum absolute atomic E-state index is 0.199. The van der Waals surface area contributed by atoms with E-state index in [-0.39, 0.29) is 18.6 Å². The zero-order valence-corrected chi connectivity index (χ0v) is 13.3. The Balaban J connectivity index is 1.62. The molecule has 2 N–H and O–H groups in total. The first kappa shape index (κ1) is 15.0. The van der Waals surface area contributed by atoms with Crippen LogP contribution in [0.3, 0.4) is 0 Å². The zero-order chi connectivity index (χ0) is 16.4. The lowest BCUT2D eigenvalue weighted by molar-refractivity contribution is 0.178. The van der Waals surface area contributed by atoms with E-state index in [9.17, 15) is 5.11 Å². The van der Waals surface area contributed by atoms with Crippen LogP contribution in [-0.2, 0) is 0 Å². The Labute approximate surface area is 139 Å². The second kappa shape index (κ2) is 6.52. The molecule has 2 aromatic heterocycles. The van der Waals surface area contributed by atoms with Crippen molar-refractivity contribution < 1.29 is 5.11 Å². The van der Waals surface area contributed by atoms with Gasteiger partial charge in [-0.2, -0.15) is 9.67 Å². The van der Waals surface area contributed by atoms with Gasteiger partial charge >= 0.3 is 0 Å². The fourth-order valence-electron chi connectivity index (χ4n) is 3.36. The lowest BCUT2D eigenvalue weighted by atomic mass is 9.85. The summed E-state index contributed by atoms with van der Waals surface area (Å²) in [5, 5.41) is 21.3. The molecule has 1 aliphatic carbocycles. The maximum absolute atomic E-state index is 9.56. The molecule has 0 radical (unpaired) electrons. The average molecular weight is 324 g/mol. The van der Waals surface area contributed by atoms with Crippen molar-refractivity contribution in [3.63, 3.8) is 0 Å². The maximum atomic E-state index is 9.56. The zero-order valence-electron chi connectivity index (χ0n) is 13.3. The minimum atomic E-state index is 0.199. The molecule has 0 spiro atoms. The lowest BCUT2D eigenvalue weighted by Crippen LogP contribution is -2.35. The van der Waals surface area contributed by atoms with Crippen LogP contribution in [0.2, 0.25) is 0 Å². The summed E-state index contributed by atoms with van der Waals surface area (Å²) < 4.78 is 1.71. The minimum Gasteiger partial charge on any atom is -0.396 e. The van der Waals surface area contributed by atoms with Crippen molar-refractivity contribution in [2.24, 2.45) is 5.92 Å². The summed E-state index contributed by atoms with van der Waals surface area (Å²) >= 11 is 0. The van der Waals surface area contributed by atoms with Crippen molar-refractivity contribution >= 4 is 17.0 Å². The van der Waals surface area contributed by atoms with Crippen LogP contribution in [0.25, 0.3) is 16.9 Å². The van der Waals surface area contributed by atoms with Gasteiger partial charge in [0.05, 0.1) is 5.52 Å². The Bertz CT molecular complexity index is 833. The molecule has 4 rings (SSSR count). The van der Waals surface area contributed by atoms with Gasteiger partial charge in [-0.1, -0.05) is 30.2 Å². The highest BCUT2D eigenvalue weighted by Gasteiger charge is 2.25. The van der Waals surface area contributed by atoms with Crippen LogP contribution in [0.15, 0.2) is 36.5 Å². The van der Waals surface area contributed by atoms with Crippen molar-refractivity contribution in [1.29, 1.82) is 0 Å². The maximum Gasteiger partial charge on any atom is 0.224 e. The van der Waals surface area contributed by atoms with E-state index >= 15 is 0 Å². The second-order valence-corrected chi connectivity index (χ2v) is 6.21. The Kier molecular flexibility index (Phi) is 4.08. The van der Waals surface area contributed by atoms with Crippen molar-refractivity contribution in [3.05, 3.63) is 36.5 Å². The second-order valence-electron chi connectivity index (χ2n) is 6.21. The SMILES string of the molecule is OCC1CCCCC1Nc1nccc(-n2nnc3ccccc32)n1. The topological polar surface area (TPSA) is 88.8 Å². The number of benzene rings is 1. The predicted molar refractivity (Wildman–Crippen MR) is 90.9 cm³/mol. The number of para-hydroxylation sites is 1. The molecule has 1 aliphatic rings. The van der Waals surface area contributed by atoms with Crippen LogP contribution in [0.4, 0.5) is 5.95 Å². The van der Waals surface area contributed by atoms with E-state index in [1.54, 1.807) is 10.9 Å². The highest BCUT2D eigenvalue weighted by molar-refractivity contribution is 5.75. The molecule has 0 amide bonds. The van der Waals surface area contributed by atoms with Crippen molar-refractivity contribution in [1.82, 2.24) is 25.0 Å². The van der Waals surface area contributed by atoms with E-state index < -0.39 is 0 Å². The number of aromatic nitrogens is 5. The molecular formula is C17H20N6O.